The first-order chi connectivity index (χ1) is 6.39. The highest BCUT2D eigenvalue weighted by Gasteiger charge is 2.39. The fourth-order valence-corrected chi connectivity index (χ4v) is 2.34. The van der Waals surface area contributed by atoms with Gasteiger partial charge in [-0.15, -0.1) is 11.3 Å². The summed E-state index contributed by atoms with van der Waals surface area (Å²) in [5.74, 6) is 0. The van der Waals surface area contributed by atoms with Crippen LogP contribution < -0.4 is 5.73 Å². The Bertz CT molecular complexity index is 338. The zero-order valence-corrected chi connectivity index (χ0v) is 8.21. The van der Waals surface area contributed by atoms with Crippen molar-refractivity contribution in [1.29, 1.82) is 0 Å². The van der Waals surface area contributed by atoms with Crippen LogP contribution in [0.1, 0.15) is 22.6 Å². The lowest BCUT2D eigenvalue weighted by atomic mass is 10.2. The number of halogens is 3. The Labute approximate surface area is 83.7 Å². The van der Waals surface area contributed by atoms with Gasteiger partial charge in [-0.05, 0) is 31.4 Å². The van der Waals surface area contributed by atoms with Crippen molar-refractivity contribution in [3.05, 3.63) is 21.9 Å². The predicted octanol–water partition coefficient (Wildman–Crippen LogP) is 2.80. The van der Waals surface area contributed by atoms with Crippen molar-refractivity contribution >= 4 is 11.3 Å². The van der Waals surface area contributed by atoms with Gasteiger partial charge in [0.2, 0.25) is 0 Å². The monoisotopic (exact) mass is 221 g/mol. The van der Waals surface area contributed by atoms with E-state index in [0.717, 1.165) is 35.1 Å². The molecule has 1 heterocycles. The van der Waals surface area contributed by atoms with Crippen LogP contribution in [0.3, 0.4) is 0 Å². The summed E-state index contributed by atoms with van der Waals surface area (Å²) < 4.78 is 36.7. The largest absolute Gasteiger partial charge is 0.425 e. The smallest absolute Gasteiger partial charge is 0.325 e. The van der Waals surface area contributed by atoms with E-state index < -0.39 is 11.1 Å². The van der Waals surface area contributed by atoms with Crippen LogP contribution in [0.15, 0.2) is 12.1 Å². The van der Waals surface area contributed by atoms with E-state index in [1.54, 1.807) is 0 Å². The van der Waals surface area contributed by atoms with Crippen molar-refractivity contribution in [3.63, 3.8) is 0 Å². The van der Waals surface area contributed by atoms with Gasteiger partial charge in [0, 0.05) is 10.4 Å². The van der Waals surface area contributed by atoms with E-state index in [1.165, 1.54) is 6.07 Å². The van der Waals surface area contributed by atoms with Crippen LogP contribution in [0.2, 0.25) is 0 Å². The molecule has 0 bridgehead atoms. The van der Waals surface area contributed by atoms with E-state index >= 15 is 0 Å². The maximum absolute atomic E-state index is 12.2. The summed E-state index contributed by atoms with van der Waals surface area (Å²) in [6.45, 7) is 0. The molecule has 5 heteroatoms. The minimum atomic E-state index is -4.21. The van der Waals surface area contributed by atoms with Crippen LogP contribution in [0, 0.1) is 0 Å². The van der Waals surface area contributed by atoms with Gasteiger partial charge in [0.25, 0.3) is 0 Å². The topological polar surface area (TPSA) is 26.0 Å². The summed E-state index contributed by atoms with van der Waals surface area (Å²) in [6.07, 6.45) is -1.79. The molecule has 0 aromatic carbocycles. The molecule has 0 atom stereocenters. The third-order valence-electron chi connectivity index (χ3n) is 2.36. The van der Waals surface area contributed by atoms with Crippen LogP contribution >= 0.6 is 11.3 Å². The molecule has 2 rings (SSSR count). The van der Waals surface area contributed by atoms with E-state index in [1.807, 2.05) is 0 Å². The molecule has 78 valence electrons. The van der Waals surface area contributed by atoms with Gasteiger partial charge in [-0.2, -0.15) is 13.2 Å². The molecule has 0 amide bonds. The minimum Gasteiger partial charge on any atom is -0.325 e. The Morgan fingerprint density at radius 3 is 2.43 bits per heavy atom. The Kier molecular flexibility index (Phi) is 2.12. The Morgan fingerprint density at radius 1 is 1.36 bits per heavy atom. The second-order valence-corrected chi connectivity index (χ2v) is 4.97. The van der Waals surface area contributed by atoms with Gasteiger partial charge in [-0.1, -0.05) is 0 Å². The summed E-state index contributed by atoms with van der Waals surface area (Å²) >= 11 is 0.802. The summed E-state index contributed by atoms with van der Waals surface area (Å²) in [5.41, 5.74) is 5.61. The van der Waals surface area contributed by atoms with Crippen LogP contribution in [-0.2, 0) is 12.6 Å². The van der Waals surface area contributed by atoms with E-state index in [2.05, 4.69) is 0 Å². The number of alkyl halides is 3. The first kappa shape index (κ1) is 9.98. The van der Waals surface area contributed by atoms with Gasteiger partial charge in [0.05, 0.1) is 0 Å². The highest BCUT2D eigenvalue weighted by Crippen LogP contribution is 2.40. The highest BCUT2D eigenvalue weighted by molar-refractivity contribution is 7.12. The Balaban J connectivity index is 2.10. The number of rotatable bonds is 2. The lowest BCUT2D eigenvalue weighted by Gasteiger charge is -2.05. The third kappa shape index (κ3) is 2.09. The van der Waals surface area contributed by atoms with Gasteiger partial charge in [0.15, 0.2) is 0 Å². The summed E-state index contributed by atoms with van der Waals surface area (Å²) in [7, 11) is 0. The van der Waals surface area contributed by atoms with Crippen LogP contribution in [-0.4, -0.2) is 5.54 Å². The Morgan fingerprint density at radius 2 is 2.00 bits per heavy atom. The van der Waals surface area contributed by atoms with Crippen molar-refractivity contribution < 1.29 is 13.2 Å². The first-order valence-corrected chi connectivity index (χ1v) is 5.16. The standard InChI is InChI=1S/C9H10F3NS/c10-9(11,12)7-2-1-6(14-7)5-8(13)3-4-8/h1-2H,3-5,13H2. The molecule has 0 aliphatic heterocycles. The van der Waals surface area contributed by atoms with Crippen molar-refractivity contribution in [2.75, 3.05) is 0 Å². The van der Waals surface area contributed by atoms with Crippen molar-refractivity contribution in [1.82, 2.24) is 0 Å². The molecule has 0 saturated heterocycles. The van der Waals surface area contributed by atoms with Gasteiger partial charge in [-0.25, -0.2) is 0 Å². The molecule has 2 N–H and O–H groups in total. The summed E-state index contributed by atoms with van der Waals surface area (Å²) in [5, 5.41) is 0. The first-order valence-electron chi connectivity index (χ1n) is 4.34. The normalized spacial score (nSPS) is 19.7. The fraction of sp³-hybridized carbons (Fsp3) is 0.556. The summed E-state index contributed by atoms with van der Waals surface area (Å²) in [4.78, 5) is 0.203. The molecular formula is C9H10F3NS. The second kappa shape index (κ2) is 2.97. The molecule has 1 aromatic rings. The van der Waals surface area contributed by atoms with E-state index in [4.69, 9.17) is 5.73 Å². The SMILES string of the molecule is NC1(Cc2ccc(C(F)(F)F)s2)CC1. The van der Waals surface area contributed by atoms with E-state index in [-0.39, 0.29) is 5.54 Å². The van der Waals surface area contributed by atoms with Crippen molar-refractivity contribution in [2.24, 2.45) is 5.73 Å². The molecule has 1 aliphatic carbocycles. The third-order valence-corrected chi connectivity index (χ3v) is 3.49. The lowest BCUT2D eigenvalue weighted by Crippen LogP contribution is -2.23. The zero-order chi connectivity index (χ0) is 10.4. The molecule has 1 fully saturated rings. The number of hydrogen-bond donors (Lipinski definition) is 1. The molecule has 1 aromatic heterocycles. The quantitative estimate of drug-likeness (QED) is 0.816. The highest BCUT2D eigenvalue weighted by atomic mass is 32.1. The molecule has 1 nitrogen and oxygen atoms in total. The number of thiophene rings is 1. The maximum Gasteiger partial charge on any atom is 0.425 e. The maximum atomic E-state index is 12.2. The molecule has 0 spiro atoms. The predicted molar refractivity (Wildman–Crippen MR) is 49.2 cm³/mol. The molecule has 1 aliphatic rings. The van der Waals surface area contributed by atoms with Gasteiger partial charge < -0.3 is 5.73 Å². The average Bonchev–Trinajstić information content (AvgIpc) is 2.61. The lowest BCUT2D eigenvalue weighted by molar-refractivity contribution is -0.134. The minimum absolute atomic E-state index is 0.215. The molecule has 0 unspecified atom stereocenters. The fourth-order valence-electron chi connectivity index (χ4n) is 1.31. The molecule has 1 saturated carbocycles. The van der Waals surface area contributed by atoms with Gasteiger partial charge in [-0.3, -0.25) is 0 Å². The average molecular weight is 221 g/mol. The molecule has 0 radical (unpaired) electrons. The second-order valence-electron chi connectivity index (χ2n) is 3.80. The molecular weight excluding hydrogens is 211 g/mol. The number of hydrogen-bond acceptors (Lipinski definition) is 2. The van der Waals surface area contributed by atoms with Crippen LogP contribution in [0.4, 0.5) is 13.2 Å². The van der Waals surface area contributed by atoms with Crippen molar-refractivity contribution in [2.45, 2.75) is 31.0 Å². The molecule has 14 heavy (non-hydrogen) atoms. The Hall–Kier alpha value is -0.550. The number of nitrogens with two attached hydrogens (primary N) is 1. The van der Waals surface area contributed by atoms with E-state index in [0.29, 0.717) is 6.42 Å². The van der Waals surface area contributed by atoms with Crippen molar-refractivity contribution in [3.8, 4) is 0 Å². The zero-order valence-electron chi connectivity index (χ0n) is 7.40. The van der Waals surface area contributed by atoms with Gasteiger partial charge >= 0.3 is 6.18 Å². The van der Waals surface area contributed by atoms with Crippen LogP contribution in [0.25, 0.3) is 0 Å². The van der Waals surface area contributed by atoms with Gasteiger partial charge in [0.1, 0.15) is 4.88 Å². The summed E-state index contributed by atoms with van der Waals surface area (Å²) in [6, 6.07) is 2.66. The van der Waals surface area contributed by atoms with Crippen LogP contribution in [0.5, 0.6) is 0 Å². The van der Waals surface area contributed by atoms with E-state index in [9.17, 15) is 13.2 Å².